The molecule has 3 amide bonds. The van der Waals surface area contributed by atoms with Crippen molar-refractivity contribution in [2.45, 2.75) is 45.1 Å². The Balaban J connectivity index is 1.37. The number of nitrogens with one attached hydrogen (secondary N) is 2. The van der Waals surface area contributed by atoms with Crippen LogP contribution in [0.4, 0.5) is 9.59 Å². The molecular formula is C18H32N4O3. The van der Waals surface area contributed by atoms with Gasteiger partial charge in [0.15, 0.2) is 0 Å². The first-order valence-electron chi connectivity index (χ1n) is 9.87. The van der Waals surface area contributed by atoms with Crippen molar-refractivity contribution >= 4 is 12.1 Å². The highest BCUT2D eigenvalue weighted by molar-refractivity contribution is 5.74. The molecule has 0 aromatic carbocycles. The first-order valence-corrected chi connectivity index (χ1v) is 9.87. The predicted octanol–water partition coefficient (Wildman–Crippen LogP) is 1.64. The maximum absolute atomic E-state index is 12.1. The summed E-state index contributed by atoms with van der Waals surface area (Å²) in [5, 5.41) is 6.65. The number of carbonyl (C=O) groups is 2. The molecule has 2 heterocycles. The Morgan fingerprint density at radius 2 is 1.68 bits per heavy atom. The Labute approximate surface area is 150 Å². The van der Waals surface area contributed by atoms with Crippen LogP contribution >= 0.6 is 0 Å². The molecule has 2 aliphatic heterocycles. The fourth-order valence-electron chi connectivity index (χ4n) is 4.54. The zero-order chi connectivity index (χ0) is 17.6. The minimum Gasteiger partial charge on any atom is -0.450 e. The lowest BCUT2D eigenvalue weighted by Crippen LogP contribution is -2.54. The van der Waals surface area contributed by atoms with Gasteiger partial charge in [-0.2, -0.15) is 0 Å². The molecule has 1 saturated carbocycles. The third kappa shape index (κ3) is 4.57. The molecule has 1 aliphatic carbocycles. The van der Waals surface area contributed by atoms with E-state index in [4.69, 9.17) is 4.74 Å². The predicted molar refractivity (Wildman–Crippen MR) is 95.4 cm³/mol. The minimum absolute atomic E-state index is 0.0709. The number of ether oxygens (including phenoxy) is 1. The number of nitrogens with zero attached hydrogens (tertiary/aromatic N) is 2. The number of rotatable bonds is 5. The van der Waals surface area contributed by atoms with Crippen LogP contribution in [-0.2, 0) is 4.74 Å². The highest BCUT2D eigenvalue weighted by Crippen LogP contribution is 2.37. The van der Waals surface area contributed by atoms with Gasteiger partial charge in [0.25, 0.3) is 0 Å². The van der Waals surface area contributed by atoms with Gasteiger partial charge in [0, 0.05) is 45.3 Å². The molecule has 2 saturated heterocycles. The van der Waals surface area contributed by atoms with Crippen molar-refractivity contribution in [2.75, 3.05) is 45.9 Å². The largest absolute Gasteiger partial charge is 0.450 e. The average molecular weight is 352 g/mol. The van der Waals surface area contributed by atoms with E-state index in [0.717, 1.165) is 45.6 Å². The van der Waals surface area contributed by atoms with Crippen LogP contribution in [0.25, 0.3) is 0 Å². The van der Waals surface area contributed by atoms with Gasteiger partial charge in [0.1, 0.15) is 0 Å². The molecule has 142 valence electrons. The SMILES string of the molecule is CCOC(=O)N1C[C@H]2CC[C@@H](C1)C2NCCNC(=O)N1CCCCC1. The van der Waals surface area contributed by atoms with E-state index in [9.17, 15) is 9.59 Å². The monoisotopic (exact) mass is 352 g/mol. The lowest BCUT2D eigenvalue weighted by Gasteiger charge is -2.38. The van der Waals surface area contributed by atoms with E-state index < -0.39 is 0 Å². The Morgan fingerprint density at radius 3 is 2.32 bits per heavy atom. The number of piperidine rings is 2. The molecule has 0 aromatic heterocycles. The van der Waals surface area contributed by atoms with Crippen molar-refractivity contribution in [1.29, 1.82) is 0 Å². The number of hydrogen-bond acceptors (Lipinski definition) is 4. The summed E-state index contributed by atoms with van der Waals surface area (Å²) in [4.78, 5) is 27.8. The summed E-state index contributed by atoms with van der Waals surface area (Å²) < 4.78 is 5.14. The van der Waals surface area contributed by atoms with Gasteiger partial charge in [-0.1, -0.05) is 0 Å². The quantitative estimate of drug-likeness (QED) is 0.738. The van der Waals surface area contributed by atoms with E-state index in [-0.39, 0.29) is 12.1 Å². The molecular weight excluding hydrogens is 320 g/mol. The number of carbonyl (C=O) groups excluding carboxylic acids is 2. The molecule has 7 nitrogen and oxygen atoms in total. The molecule has 0 spiro atoms. The first kappa shape index (κ1) is 18.3. The molecule has 2 N–H and O–H groups in total. The summed E-state index contributed by atoms with van der Waals surface area (Å²) in [6.45, 7) is 7.07. The zero-order valence-electron chi connectivity index (χ0n) is 15.3. The number of hydrogen-bond donors (Lipinski definition) is 2. The lowest BCUT2D eigenvalue weighted by atomic mass is 9.92. The van der Waals surface area contributed by atoms with Crippen LogP contribution < -0.4 is 10.6 Å². The summed E-state index contributed by atoms with van der Waals surface area (Å²) in [5.74, 6) is 1.00. The zero-order valence-corrected chi connectivity index (χ0v) is 15.3. The average Bonchev–Trinajstić information content (AvgIpc) is 2.87. The van der Waals surface area contributed by atoms with Gasteiger partial charge in [0.2, 0.25) is 0 Å². The fourth-order valence-corrected chi connectivity index (χ4v) is 4.54. The molecule has 7 heteroatoms. The molecule has 25 heavy (non-hydrogen) atoms. The lowest BCUT2D eigenvalue weighted by molar-refractivity contribution is 0.0755. The van der Waals surface area contributed by atoms with E-state index in [2.05, 4.69) is 10.6 Å². The summed E-state index contributed by atoms with van der Waals surface area (Å²) in [5.41, 5.74) is 0. The molecule has 3 aliphatic rings. The third-order valence-corrected chi connectivity index (χ3v) is 5.78. The molecule has 3 fully saturated rings. The molecule has 3 atom stereocenters. The summed E-state index contributed by atoms with van der Waals surface area (Å²) in [6, 6.07) is 0.527. The minimum atomic E-state index is -0.174. The Hall–Kier alpha value is -1.50. The smallest absolute Gasteiger partial charge is 0.409 e. The van der Waals surface area contributed by atoms with E-state index in [1.807, 2.05) is 16.7 Å². The molecule has 3 rings (SSSR count). The summed E-state index contributed by atoms with van der Waals surface area (Å²) >= 11 is 0. The van der Waals surface area contributed by atoms with Gasteiger partial charge in [-0.15, -0.1) is 0 Å². The molecule has 0 radical (unpaired) electrons. The van der Waals surface area contributed by atoms with Crippen LogP contribution in [0.3, 0.4) is 0 Å². The molecule has 2 bridgehead atoms. The van der Waals surface area contributed by atoms with E-state index in [0.29, 0.717) is 31.0 Å². The number of likely N-dealkylation sites (tertiary alicyclic amines) is 2. The molecule has 1 unspecified atom stereocenters. The van der Waals surface area contributed by atoms with E-state index in [1.165, 1.54) is 19.3 Å². The van der Waals surface area contributed by atoms with Crippen molar-refractivity contribution in [2.24, 2.45) is 11.8 Å². The van der Waals surface area contributed by atoms with Crippen LogP contribution in [0.2, 0.25) is 0 Å². The number of amides is 3. The van der Waals surface area contributed by atoms with Gasteiger partial charge >= 0.3 is 12.1 Å². The normalized spacial score (nSPS) is 28.8. The van der Waals surface area contributed by atoms with Crippen molar-refractivity contribution in [3.63, 3.8) is 0 Å². The van der Waals surface area contributed by atoms with Crippen molar-refractivity contribution in [1.82, 2.24) is 20.4 Å². The van der Waals surface area contributed by atoms with Crippen molar-refractivity contribution in [3.8, 4) is 0 Å². The molecule has 0 aromatic rings. The first-order chi connectivity index (χ1) is 12.2. The van der Waals surface area contributed by atoms with Crippen LogP contribution in [0.5, 0.6) is 0 Å². The highest BCUT2D eigenvalue weighted by atomic mass is 16.6. The fraction of sp³-hybridized carbons (Fsp3) is 0.889. The third-order valence-electron chi connectivity index (χ3n) is 5.78. The van der Waals surface area contributed by atoms with Crippen molar-refractivity contribution < 1.29 is 14.3 Å². The Bertz CT molecular complexity index is 453. The Morgan fingerprint density at radius 1 is 1.00 bits per heavy atom. The van der Waals surface area contributed by atoms with Crippen LogP contribution in [0, 0.1) is 11.8 Å². The van der Waals surface area contributed by atoms with Crippen molar-refractivity contribution in [3.05, 3.63) is 0 Å². The standard InChI is InChI=1S/C18H32N4O3/c1-2-25-18(24)22-12-14-6-7-15(13-22)16(14)19-8-9-20-17(23)21-10-4-3-5-11-21/h14-16,19H,2-13H2,1H3,(H,20,23)/t14-,15+,16?. The van der Waals surface area contributed by atoms with Gasteiger partial charge < -0.3 is 25.2 Å². The summed E-state index contributed by atoms with van der Waals surface area (Å²) in [7, 11) is 0. The van der Waals surface area contributed by atoms with Gasteiger partial charge in [-0.05, 0) is 50.9 Å². The maximum atomic E-state index is 12.1. The highest BCUT2D eigenvalue weighted by Gasteiger charge is 2.43. The van der Waals surface area contributed by atoms with Gasteiger partial charge in [-0.3, -0.25) is 0 Å². The van der Waals surface area contributed by atoms with Crippen LogP contribution in [0.15, 0.2) is 0 Å². The number of urea groups is 1. The van der Waals surface area contributed by atoms with Crippen LogP contribution in [0.1, 0.15) is 39.0 Å². The summed E-state index contributed by atoms with van der Waals surface area (Å²) in [6.07, 6.45) is 5.63. The second-order valence-corrected chi connectivity index (χ2v) is 7.46. The topological polar surface area (TPSA) is 73.9 Å². The van der Waals surface area contributed by atoms with Gasteiger partial charge in [-0.25, -0.2) is 9.59 Å². The Kier molecular flexibility index (Phi) is 6.39. The second-order valence-electron chi connectivity index (χ2n) is 7.46. The second kappa shape index (κ2) is 8.74. The maximum Gasteiger partial charge on any atom is 0.409 e. The van der Waals surface area contributed by atoms with E-state index in [1.54, 1.807) is 0 Å². The van der Waals surface area contributed by atoms with Crippen LogP contribution in [-0.4, -0.2) is 73.8 Å². The number of fused-ring (bicyclic) bond motifs is 2. The van der Waals surface area contributed by atoms with Gasteiger partial charge in [0.05, 0.1) is 6.61 Å². The van der Waals surface area contributed by atoms with E-state index >= 15 is 0 Å².